The van der Waals surface area contributed by atoms with E-state index in [0.717, 1.165) is 25.1 Å². The Kier molecular flexibility index (Phi) is 5.43. The van der Waals surface area contributed by atoms with Gasteiger partial charge < -0.3 is 5.21 Å². The van der Waals surface area contributed by atoms with Crippen molar-refractivity contribution in [2.45, 2.75) is 13.8 Å². The summed E-state index contributed by atoms with van der Waals surface area (Å²) in [5.74, 6) is 0. The monoisotopic (exact) mass is 406 g/mol. The smallest absolute Gasteiger partial charge is 0.350 e. The minimum Gasteiger partial charge on any atom is -0.594 e. The summed E-state index contributed by atoms with van der Waals surface area (Å²) in [6, 6.07) is 3.26. The Labute approximate surface area is 159 Å². The van der Waals surface area contributed by atoms with E-state index in [2.05, 4.69) is 5.11 Å². The largest absolute Gasteiger partial charge is 0.594 e. The van der Waals surface area contributed by atoms with Gasteiger partial charge in [0.1, 0.15) is 6.07 Å². The summed E-state index contributed by atoms with van der Waals surface area (Å²) in [6.45, 7) is 2.50. The molecular formula is C14H10N6O9. The Balaban J connectivity index is 2.85. The highest BCUT2D eigenvalue weighted by Crippen LogP contribution is 2.41. The van der Waals surface area contributed by atoms with Gasteiger partial charge in [-0.3, -0.25) is 40.5 Å². The molecule has 0 amide bonds. The van der Waals surface area contributed by atoms with Crippen molar-refractivity contribution >= 4 is 34.1 Å². The molecule has 2 rings (SSSR count). The van der Waals surface area contributed by atoms with Gasteiger partial charge in [-0.1, -0.05) is 0 Å². The third-order valence-corrected chi connectivity index (χ3v) is 3.66. The number of benzene rings is 2. The van der Waals surface area contributed by atoms with Gasteiger partial charge in [-0.25, -0.2) is 0 Å². The maximum absolute atomic E-state index is 12.5. The molecular weight excluding hydrogens is 396 g/mol. The summed E-state index contributed by atoms with van der Waals surface area (Å²) in [5, 5.41) is 60.5. The second kappa shape index (κ2) is 7.59. The van der Waals surface area contributed by atoms with Gasteiger partial charge in [0.15, 0.2) is 0 Å². The first-order chi connectivity index (χ1) is 13.4. The normalized spacial score (nSPS) is 11.2. The highest BCUT2D eigenvalue weighted by molar-refractivity contribution is 5.71. The Morgan fingerprint density at radius 2 is 1.17 bits per heavy atom. The Hall–Kier alpha value is -4.56. The van der Waals surface area contributed by atoms with Gasteiger partial charge in [0.25, 0.3) is 11.4 Å². The number of azo groups is 1. The van der Waals surface area contributed by atoms with Crippen LogP contribution in [0.4, 0.5) is 34.1 Å². The Morgan fingerprint density at radius 3 is 1.59 bits per heavy atom. The lowest BCUT2D eigenvalue weighted by molar-refractivity contribution is -0.457. The quantitative estimate of drug-likeness (QED) is 0.294. The van der Waals surface area contributed by atoms with Crippen LogP contribution in [-0.2, 0) is 0 Å². The number of hydrogen-bond acceptors (Lipinski definition) is 10. The highest BCUT2D eigenvalue weighted by Gasteiger charge is 2.33. The fourth-order valence-electron chi connectivity index (χ4n) is 2.50. The van der Waals surface area contributed by atoms with E-state index >= 15 is 0 Å². The topological polar surface area (TPSA) is 211 Å². The zero-order chi connectivity index (χ0) is 22.0. The van der Waals surface area contributed by atoms with Crippen molar-refractivity contribution in [3.8, 4) is 0 Å². The van der Waals surface area contributed by atoms with E-state index in [4.69, 9.17) is 0 Å². The van der Waals surface area contributed by atoms with Gasteiger partial charge >= 0.3 is 22.7 Å². The van der Waals surface area contributed by atoms with E-state index in [1.165, 1.54) is 6.92 Å². The highest BCUT2D eigenvalue weighted by atomic mass is 16.6. The minimum absolute atomic E-state index is 0.150. The molecule has 0 fully saturated rings. The minimum atomic E-state index is -1.08. The van der Waals surface area contributed by atoms with E-state index in [-0.39, 0.29) is 11.1 Å². The van der Waals surface area contributed by atoms with Crippen molar-refractivity contribution < 1.29 is 24.6 Å². The van der Waals surface area contributed by atoms with Gasteiger partial charge in [0.2, 0.25) is 0 Å². The van der Waals surface area contributed by atoms with Crippen LogP contribution in [0.15, 0.2) is 29.4 Å². The van der Waals surface area contributed by atoms with Crippen LogP contribution in [0.5, 0.6) is 0 Å². The number of nitro groups is 4. The average Bonchev–Trinajstić information content (AvgIpc) is 2.61. The number of nitro benzene ring substituents is 4. The molecule has 0 aliphatic heterocycles. The molecule has 29 heavy (non-hydrogen) atoms. The first-order valence-electron chi connectivity index (χ1n) is 7.49. The summed E-state index contributed by atoms with van der Waals surface area (Å²) >= 11 is 0. The molecule has 0 heterocycles. The molecule has 0 atom stereocenters. The van der Waals surface area contributed by atoms with Crippen molar-refractivity contribution in [1.29, 1.82) is 0 Å². The number of nitrogens with zero attached hydrogens (tertiary/aromatic N) is 6. The Bertz CT molecular complexity index is 1080. The molecule has 0 spiro atoms. The molecule has 0 aliphatic rings. The average molecular weight is 406 g/mol. The van der Waals surface area contributed by atoms with E-state index in [0.29, 0.717) is 6.07 Å². The van der Waals surface area contributed by atoms with Crippen LogP contribution in [0.25, 0.3) is 0 Å². The van der Waals surface area contributed by atoms with E-state index in [1.54, 1.807) is 0 Å². The second-order valence-electron chi connectivity index (χ2n) is 5.68. The zero-order valence-corrected chi connectivity index (χ0v) is 14.7. The molecule has 2 aromatic carbocycles. The fraction of sp³-hybridized carbons (Fsp3) is 0.143. The summed E-state index contributed by atoms with van der Waals surface area (Å²) in [6.07, 6.45) is 0. The maximum Gasteiger partial charge on any atom is 0.350 e. The number of aryl methyl sites for hydroxylation is 2. The molecule has 0 bridgehead atoms. The number of non-ortho nitro benzene ring substituents is 1. The first kappa shape index (κ1) is 20.7. The van der Waals surface area contributed by atoms with E-state index in [9.17, 15) is 45.7 Å². The standard InChI is InChI=1S/C14H10N6O9/c1-7-3-10(18(24)25)13(11(4-7)19(26)27)15-16(21)14-8(2)5-9(17(22)23)6-12(14)20(28)29/h3-6H,1-2H3. The zero-order valence-electron chi connectivity index (χ0n) is 14.7. The molecule has 150 valence electrons. The lowest BCUT2D eigenvalue weighted by Gasteiger charge is -2.05. The van der Waals surface area contributed by atoms with Crippen LogP contribution in [-0.4, -0.2) is 24.6 Å². The predicted molar refractivity (Wildman–Crippen MR) is 94.4 cm³/mol. The summed E-state index contributed by atoms with van der Waals surface area (Å²) in [7, 11) is 0. The van der Waals surface area contributed by atoms with Crippen LogP contribution >= 0.6 is 0 Å². The van der Waals surface area contributed by atoms with Crippen molar-refractivity contribution in [2.24, 2.45) is 5.11 Å². The maximum atomic E-state index is 12.5. The SMILES string of the molecule is Cc1cc([N+](=O)[O-])c(N=[N+]([O-])c2c(C)cc([N+](=O)[O-])cc2[N+](=O)[O-])c([N+](=O)[O-])c1. The molecule has 0 saturated carbocycles. The van der Waals surface area contributed by atoms with E-state index in [1.807, 2.05) is 0 Å². The van der Waals surface area contributed by atoms with Crippen LogP contribution in [0.1, 0.15) is 11.1 Å². The molecule has 0 saturated heterocycles. The summed E-state index contributed by atoms with van der Waals surface area (Å²) in [4.78, 5) is 40.3. The third kappa shape index (κ3) is 4.07. The molecule has 2 aromatic rings. The van der Waals surface area contributed by atoms with Crippen LogP contribution in [0.3, 0.4) is 0 Å². The first-order valence-corrected chi connectivity index (χ1v) is 7.49. The van der Waals surface area contributed by atoms with Crippen molar-refractivity contribution in [3.63, 3.8) is 0 Å². The van der Waals surface area contributed by atoms with Gasteiger partial charge in [0, 0.05) is 28.9 Å². The Morgan fingerprint density at radius 1 is 0.690 bits per heavy atom. The molecule has 0 unspecified atom stereocenters. The van der Waals surface area contributed by atoms with Crippen LogP contribution in [0, 0.1) is 59.5 Å². The lowest BCUT2D eigenvalue weighted by atomic mass is 10.1. The van der Waals surface area contributed by atoms with Gasteiger partial charge in [-0.05, 0) is 24.3 Å². The molecule has 15 nitrogen and oxygen atoms in total. The van der Waals surface area contributed by atoms with E-state index < -0.39 is 58.7 Å². The summed E-state index contributed by atoms with van der Waals surface area (Å²) < 4.78 is 0. The van der Waals surface area contributed by atoms with Gasteiger partial charge in [0.05, 0.1) is 19.7 Å². The van der Waals surface area contributed by atoms with Crippen molar-refractivity contribution in [1.82, 2.24) is 0 Å². The predicted octanol–water partition coefficient (Wildman–Crippen LogP) is 3.86. The van der Waals surface area contributed by atoms with Crippen LogP contribution in [0.2, 0.25) is 0 Å². The molecule has 0 N–H and O–H groups in total. The number of hydrogen-bond donors (Lipinski definition) is 0. The third-order valence-electron chi connectivity index (χ3n) is 3.66. The molecule has 0 aliphatic carbocycles. The fourth-order valence-corrected chi connectivity index (χ4v) is 2.50. The van der Waals surface area contributed by atoms with Crippen molar-refractivity contribution in [2.75, 3.05) is 0 Å². The van der Waals surface area contributed by atoms with Gasteiger partial charge in [-0.2, -0.15) is 0 Å². The van der Waals surface area contributed by atoms with Gasteiger partial charge in [-0.15, -0.1) is 0 Å². The van der Waals surface area contributed by atoms with Crippen molar-refractivity contribution in [3.05, 3.63) is 81.1 Å². The second-order valence-corrected chi connectivity index (χ2v) is 5.68. The molecule has 0 aromatic heterocycles. The number of rotatable bonds is 6. The lowest BCUT2D eigenvalue weighted by Crippen LogP contribution is -2.03. The summed E-state index contributed by atoms with van der Waals surface area (Å²) in [5.41, 5.74) is -5.15. The molecule has 0 radical (unpaired) electrons. The molecule has 15 heteroatoms. The van der Waals surface area contributed by atoms with Crippen LogP contribution < -0.4 is 0 Å².